The van der Waals surface area contributed by atoms with Gasteiger partial charge in [-0.1, -0.05) is 24.3 Å². The van der Waals surface area contributed by atoms with Gasteiger partial charge in [-0.05, 0) is 68.4 Å². The van der Waals surface area contributed by atoms with Gasteiger partial charge in [0.2, 0.25) is 0 Å². The molecule has 2 aromatic rings. The summed E-state index contributed by atoms with van der Waals surface area (Å²) in [6, 6.07) is 12.8. The van der Waals surface area contributed by atoms with Crippen LogP contribution in [0, 0.1) is 5.82 Å². The normalized spacial score (nSPS) is 19.8. The monoisotopic (exact) mass is 467 g/mol. The summed E-state index contributed by atoms with van der Waals surface area (Å²) < 4.78 is 23.9. The van der Waals surface area contributed by atoms with E-state index in [1.165, 1.54) is 12.1 Å². The van der Waals surface area contributed by atoms with E-state index in [0.29, 0.717) is 12.4 Å². The van der Waals surface area contributed by atoms with Gasteiger partial charge in [0.05, 0.1) is 29.5 Å². The van der Waals surface area contributed by atoms with Crippen LogP contribution in [0.15, 0.2) is 45.7 Å². The number of benzene rings is 2. The number of nitrogens with zero attached hydrogens (tertiary/aromatic N) is 2. The lowest BCUT2D eigenvalue weighted by molar-refractivity contribution is -0.0140. The van der Waals surface area contributed by atoms with Crippen LogP contribution in [0.2, 0.25) is 0 Å². The van der Waals surface area contributed by atoms with Crippen molar-refractivity contribution in [1.29, 1.82) is 0 Å². The summed E-state index contributed by atoms with van der Waals surface area (Å²) in [6.07, 6.45) is 1.81. The van der Waals surface area contributed by atoms with Gasteiger partial charge in [-0.3, -0.25) is 0 Å². The van der Waals surface area contributed by atoms with E-state index in [2.05, 4.69) is 28.3 Å². The minimum absolute atomic E-state index is 0.239. The zero-order valence-corrected chi connectivity index (χ0v) is 17.2. The maximum atomic E-state index is 13.5. The molecule has 2 aromatic carbocycles. The highest BCUT2D eigenvalue weighted by Crippen LogP contribution is 2.45. The van der Waals surface area contributed by atoms with Crippen LogP contribution in [0.5, 0.6) is 0 Å². The van der Waals surface area contributed by atoms with Crippen LogP contribution in [-0.4, -0.2) is 31.4 Å². The molecule has 0 radical (unpaired) electrons. The Labute approximate surface area is 167 Å². The van der Waals surface area contributed by atoms with Crippen LogP contribution in [-0.2, 0) is 16.9 Å². The fourth-order valence-electron chi connectivity index (χ4n) is 3.55. The van der Waals surface area contributed by atoms with Crippen LogP contribution in [0.3, 0.4) is 0 Å². The molecule has 1 aliphatic heterocycles. The molecule has 0 aliphatic carbocycles. The predicted octanol–water partition coefficient (Wildman–Crippen LogP) is 4.00. The standard InChI is InChI=1S/C20H23FIN3O/c1-25(2)11-3-10-20(16-5-7-17(21)8-6-16)18-9-4-14(19(23)24-22)12-15(18)13-26-20/h4-9,12H,3,10-11,13H2,1-2H3,(H2,23,24). The largest absolute Gasteiger partial charge is 0.383 e. The lowest BCUT2D eigenvalue weighted by atomic mass is 9.81. The molecular weight excluding hydrogens is 444 g/mol. The third kappa shape index (κ3) is 3.77. The van der Waals surface area contributed by atoms with Crippen LogP contribution in [0.1, 0.15) is 35.1 Å². The first-order valence-corrected chi connectivity index (χ1v) is 9.56. The molecule has 0 aromatic heterocycles. The molecule has 3 rings (SSSR count). The SMILES string of the molecule is CN(C)CCCC1(c2ccc(F)cc2)OCc2cc(/C(N)=N/I)ccc21. The van der Waals surface area contributed by atoms with Crippen molar-refractivity contribution in [3.8, 4) is 0 Å². The van der Waals surface area contributed by atoms with Crippen molar-refractivity contribution in [3.05, 3.63) is 70.5 Å². The van der Waals surface area contributed by atoms with Crippen LogP contribution >= 0.6 is 22.9 Å². The van der Waals surface area contributed by atoms with Crippen molar-refractivity contribution >= 4 is 28.7 Å². The molecule has 1 aliphatic rings. The van der Waals surface area contributed by atoms with Gasteiger partial charge >= 0.3 is 0 Å². The van der Waals surface area contributed by atoms with Crippen LogP contribution < -0.4 is 5.73 Å². The Bertz CT molecular complexity index is 807. The maximum absolute atomic E-state index is 13.5. The molecule has 0 amide bonds. The molecule has 0 saturated carbocycles. The molecule has 6 heteroatoms. The van der Waals surface area contributed by atoms with Gasteiger partial charge in [0.25, 0.3) is 0 Å². The van der Waals surface area contributed by atoms with Crippen molar-refractivity contribution in [3.63, 3.8) is 0 Å². The Morgan fingerprint density at radius 3 is 2.65 bits per heavy atom. The van der Waals surface area contributed by atoms with Crippen molar-refractivity contribution in [2.75, 3.05) is 20.6 Å². The lowest BCUT2D eigenvalue weighted by Crippen LogP contribution is -2.28. The number of hydrogen-bond donors (Lipinski definition) is 1. The van der Waals surface area contributed by atoms with E-state index in [1.807, 2.05) is 47.1 Å². The van der Waals surface area contributed by atoms with Crippen molar-refractivity contribution < 1.29 is 9.13 Å². The number of halogens is 2. The first kappa shape index (κ1) is 19.3. The van der Waals surface area contributed by atoms with Crippen molar-refractivity contribution in [2.45, 2.75) is 25.0 Å². The zero-order valence-electron chi connectivity index (χ0n) is 15.0. The highest BCUT2D eigenvalue weighted by Gasteiger charge is 2.41. The number of amidine groups is 1. The quantitative estimate of drug-likeness (QED) is 0.397. The number of ether oxygens (including phenoxy) is 1. The third-order valence-corrected chi connectivity index (χ3v) is 5.37. The van der Waals surface area contributed by atoms with E-state index in [4.69, 9.17) is 10.5 Å². The Morgan fingerprint density at radius 1 is 1.27 bits per heavy atom. The number of hydrogen-bond acceptors (Lipinski definition) is 3. The summed E-state index contributed by atoms with van der Waals surface area (Å²) in [6.45, 7) is 1.48. The molecule has 1 atom stereocenters. The third-order valence-electron chi connectivity index (χ3n) is 4.85. The summed E-state index contributed by atoms with van der Waals surface area (Å²) in [5, 5.41) is 0. The van der Waals surface area contributed by atoms with Gasteiger partial charge in [-0.15, -0.1) is 0 Å². The predicted molar refractivity (Wildman–Crippen MR) is 111 cm³/mol. The minimum atomic E-state index is -0.548. The summed E-state index contributed by atoms with van der Waals surface area (Å²) in [7, 11) is 4.12. The van der Waals surface area contributed by atoms with Crippen LogP contribution in [0.4, 0.5) is 4.39 Å². The molecule has 26 heavy (non-hydrogen) atoms. The van der Waals surface area contributed by atoms with Crippen LogP contribution in [0.25, 0.3) is 0 Å². The first-order chi connectivity index (χ1) is 12.5. The Hall–Kier alpha value is -1.51. The van der Waals surface area contributed by atoms with E-state index >= 15 is 0 Å². The molecule has 0 fully saturated rings. The summed E-state index contributed by atoms with van der Waals surface area (Å²) in [4.78, 5) is 2.16. The van der Waals surface area contributed by atoms with Gasteiger partial charge in [0, 0.05) is 5.56 Å². The number of rotatable bonds is 6. The lowest BCUT2D eigenvalue weighted by Gasteiger charge is -2.31. The van der Waals surface area contributed by atoms with Gasteiger partial charge < -0.3 is 15.4 Å². The fourth-order valence-corrected chi connectivity index (χ4v) is 3.83. The second kappa shape index (κ2) is 8.02. The molecule has 4 nitrogen and oxygen atoms in total. The smallest absolute Gasteiger partial charge is 0.137 e. The van der Waals surface area contributed by atoms with Gasteiger partial charge in [-0.2, -0.15) is 3.21 Å². The maximum Gasteiger partial charge on any atom is 0.137 e. The number of nitrogens with two attached hydrogens (primary N) is 1. The topological polar surface area (TPSA) is 50.9 Å². The molecule has 0 bridgehead atoms. The fraction of sp³-hybridized carbons (Fsp3) is 0.350. The van der Waals surface area contributed by atoms with Gasteiger partial charge in [0.15, 0.2) is 0 Å². The van der Waals surface area contributed by atoms with Gasteiger partial charge in [0.1, 0.15) is 17.3 Å². The molecule has 2 N–H and O–H groups in total. The highest BCUT2D eigenvalue weighted by atomic mass is 127. The summed E-state index contributed by atoms with van der Waals surface area (Å²) >= 11 is 1.90. The highest BCUT2D eigenvalue weighted by molar-refractivity contribution is 14.1. The Morgan fingerprint density at radius 2 is 2.00 bits per heavy atom. The zero-order chi connectivity index (χ0) is 18.7. The molecule has 0 saturated heterocycles. The average Bonchev–Trinajstić information content (AvgIpc) is 3.00. The van der Waals surface area contributed by atoms with E-state index in [-0.39, 0.29) is 5.82 Å². The van der Waals surface area contributed by atoms with E-state index in [9.17, 15) is 4.39 Å². The summed E-state index contributed by atoms with van der Waals surface area (Å²) in [5.41, 5.74) is 9.53. The first-order valence-electron chi connectivity index (χ1n) is 8.59. The Kier molecular flexibility index (Phi) is 5.94. The van der Waals surface area contributed by atoms with E-state index in [1.54, 1.807) is 0 Å². The van der Waals surface area contributed by atoms with Crippen molar-refractivity contribution in [1.82, 2.24) is 4.90 Å². The molecule has 1 unspecified atom stereocenters. The Balaban J connectivity index is 2.02. The number of fused-ring (bicyclic) bond motifs is 1. The van der Waals surface area contributed by atoms with E-state index in [0.717, 1.165) is 41.6 Å². The summed E-state index contributed by atoms with van der Waals surface area (Å²) in [5.74, 6) is 0.261. The van der Waals surface area contributed by atoms with Crippen molar-refractivity contribution in [2.24, 2.45) is 8.94 Å². The molecule has 138 valence electrons. The van der Waals surface area contributed by atoms with E-state index < -0.39 is 5.60 Å². The molecule has 1 heterocycles. The average molecular weight is 467 g/mol. The molecular formula is C20H23FIN3O. The molecule has 0 spiro atoms. The second-order valence-electron chi connectivity index (χ2n) is 6.87. The second-order valence-corrected chi connectivity index (χ2v) is 7.35. The minimum Gasteiger partial charge on any atom is -0.383 e. The van der Waals surface area contributed by atoms with Gasteiger partial charge in [-0.25, -0.2) is 4.39 Å².